The summed E-state index contributed by atoms with van der Waals surface area (Å²) in [4.78, 5) is 65.8. The van der Waals surface area contributed by atoms with Crippen LogP contribution in [-0.4, -0.2) is 82.4 Å². The Hall–Kier alpha value is -4.99. The summed E-state index contributed by atoms with van der Waals surface area (Å²) in [5, 5.41) is 4.92. The van der Waals surface area contributed by atoms with Crippen molar-refractivity contribution in [2.75, 3.05) is 6.54 Å². The Balaban J connectivity index is 1.20. The topological polar surface area (TPSA) is 177 Å². The molecule has 280 valence electrons. The van der Waals surface area contributed by atoms with E-state index in [0.717, 1.165) is 18.6 Å². The van der Waals surface area contributed by atoms with Gasteiger partial charge in [0.15, 0.2) is 5.82 Å². The molecule has 1 unspecified atom stereocenters. The lowest BCUT2D eigenvalue weighted by Gasteiger charge is -2.30. The lowest BCUT2D eigenvalue weighted by Crippen LogP contribution is -2.58. The Morgan fingerprint density at radius 3 is 2.55 bits per heavy atom. The number of ether oxygens (including phenoxy) is 1. The normalized spacial score (nSPS) is 27.0. The molecule has 2 aliphatic carbocycles. The number of aryl methyl sites for hydroxylation is 1. The molecule has 7 rings (SSSR count). The Kier molecular flexibility index (Phi) is 9.91. The SMILES string of the molecule is Cc1nc2cccc(F)c2nc1O[C@@H]1C[C@H]2C(=O)N[C@]3(C(=O)NS(=O)(=O)C4CC4)CC3/C=C\CCCCC[C@H](NC(=O)c3ccc(F)cc3)C(=O)N2C1. The molecule has 0 radical (unpaired) electrons. The van der Waals surface area contributed by atoms with Crippen LogP contribution < -0.4 is 20.1 Å². The molecule has 13 nitrogen and oxygen atoms in total. The number of rotatable bonds is 7. The lowest BCUT2D eigenvalue weighted by atomic mass is 10.0. The molecule has 0 spiro atoms. The van der Waals surface area contributed by atoms with Gasteiger partial charge in [-0.2, -0.15) is 0 Å². The summed E-state index contributed by atoms with van der Waals surface area (Å²) >= 11 is 0. The molecule has 3 aromatic rings. The summed E-state index contributed by atoms with van der Waals surface area (Å²) in [6.07, 6.45) is 6.77. The maximum Gasteiger partial charge on any atom is 0.259 e. The third-order valence-electron chi connectivity index (χ3n) is 10.3. The molecular weight excluding hydrogens is 711 g/mol. The zero-order valence-electron chi connectivity index (χ0n) is 29.0. The van der Waals surface area contributed by atoms with Gasteiger partial charge in [0, 0.05) is 17.9 Å². The quantitative estimate of drug-likeness (QED) is 0.306. The van der Waals surface area contributed by atoms with Crippen LogP contribution >= 0.6 is 0 Å². The molecule has 2 saturated carbocycles. The predicted octanol–water partition coefficient (Wildman–Crippen LogP) is 3.37. The smallest absolute Gasteiger partial charge is 0.259 e. The average molecular weight is 751 g/mol. The van der Waals surface area contributed by atoms with E-state index in [1.807, 2.05) is 12.2 Å². The highest BCUT2D eigenvalue weighted by Crippen LogP contribution is 2.46. The molecule has 2 aromatic carbocycles. The van der Waals surface area contributed by atoms with Crippen molar-refractivity contribution >= 4 is 44.7 Å². The van der Waals surface area contributed by atoms with E-state index in [2.05, 4.69) is 25.3 Å². The number of carbonyl (C=O) groups excluding carboxylic acids is 4. The van der Waals surface area contributed by atoms with Crippen molar-refractivity contribution in [1.82, 2.24) is 30.2 Å². The largest absolute Gasteiger partial charge is 0.471 e. The van der Waals surface area contributed by atoms with Gasteiger partial charge in [0.2, 0.25) is 27.7 Å². The number of para-hydroxylation sites is 1. The molecule has 16 heteroatoms. The van der Waals surface area contributed by atoms with Crippen molar-refractivity contribution in [3.63, 3.8) is 0 Å². The van der Waals surface area contributed by atoms with Crippen LogP contribution in [0.4, 0.5) is 8.78 Å². The predicted molar refractivity (Wildman–Crippen MR) is 188 cm³/mol. The number of nitrogens with zero attached hydrogens (tertiary/aromatic N) is 3. The standard InChI is InChI=1S/C37H40F2N6O7S/c1-21-34(42-31-27(39)9-7-11-28(31)40-21)52-25-18-30-33(47)43-37(36(49)44-53(50,51)26-16-17-26)19-23(37)8-5-3-2-4-6-10-29(35(48)45(30)20-25)41-32(46)22-12-14-24(38)15-13-22/h5,7-9,11-15,23,25-26,29-30H,2-4,6,10,16-20H2,1H3,(H,41,46)(H,43,47)(H,44,49)/b8-5-/t23?,25-,29+,30+,37-/m1/s1. The van der Waals surface area contributed by atoms with E-state index < -0.39 is 80.2 Å². The van der Waals surface area contributed by atoms with Crippen LogP contribution in [0.2, 0.25) is 0 Å². The van der Waals surface area contributed by atoms with Gasteiger partial charge in [-0.05, 0) is 81.8 Å². The Morgan fingerprint density at radius 2 is 1.79 bits per heavy atom. The third-order valence-corrected chi connectivity index (χ3v) is 12.1. The first-order valence-corrected chi connectivity index (χ1v) is 19.4. The maximum absolute atomic E-state index is 14.7. The highest BCUT2D eigenvalue weighted by molar-refractivity contribution is 7.91. The zero-order valence-corrected chi connectivity index (χ0v) is 29.8. The van der Waals surface area contributed by atoms with Crippen LogP contribution in [0.15, 0.2) is 54.6 Å². The van der Waals surface area contributed by atoms with Gasteiger partial charge in [-0.25, -0.2) is 27.2 Å². The number of aromatic nitrogens is 2. The molecule has 3 N–H and O–H groups in total. The van der Waals surface area contributed by atoms with Crippen molar-refractivity contribution in [1.29, 1.82) is 0 Å². The lowest BCUT2D eigenvalue weighted by molar-refractivity contribution is -0.141. The molecule has 53 heavy (non-hydrogen) atoms. The molecule has 4 amide bonds. The van der Waals surface area contributed by atoms with Crippen LogP contribution in [0.3, 0.4) is 0 Å². The van der Waals surface area contributed by atoms with Gasteiger partial charge in [-0.15, -0.1) is 0 Å². The van der Waals surface area contributed by atoms with E-state index in [-0.39, 0.29) is 42.8 Å². The fourth-order valence-electron chi connectivity index (χ4n) is 7.08. The first-order chi connectivity index (χ1) is 25.3. The third kappa shape index (κ3) is 7.73. The van der Waals surface area contributed by atoms with E-state index in [1.165, 1.54) is 29.2 Å². The highest BCUT2D eigenvalue weighted by atomic mass is 32.2. The van der Waals surface area contributed by atoms with Gasteiger partial charge < -0.3 is 20.3 Å². The van der Waals surface area contributed by atoms with Crippen LogP contribution in [-0.2, 0) is 24.4 Å². The molecule has 4 aliphatic rings. The summed E-state index contributed by atoms with van der Waals surface area (Å²) < 4.78 is 62.2. The highest BCUT2D eigenvalue weighted by Gasteiger charge is 2.62. The number of hydrogen-bond donors (Lipinski definition) is 3. The number of benzene rings is 2. The molecule has 1 saturated heterocycles. The van der Waals surface area contributed by atoms with E-state index in [4.69, 9.17) is 4.74 Å². The first kappa shape index (κ1) is 36.4. The second-order valence-corrected chi connectivity index (χ2v) is 16.2. The minimum atomic E-state index is -3.93. The van der Waals surface area contributed by atoms with Crippen molar-refractivity contribution in [3.05, 3.63) is 77.5 Å². The second-order valence-electron chi connectivity index (χ2n) is 14.2. The molecule has 1 aromatic heterocycles. The number of amides is 4. The number of halogens is 2. The summed E-state index contributed by atoms with van der Waals surface area (Å²) in [6.45, 7) is 1.51. The number of allylic oxidation sites excluding steroid dienone is 1. The van der Waals surface area contributed by atoms with Crippen molar-refractivity contribution in [2.45, 2.75) is 93.7 Å². The number of carbonyl (C=O) groups is 4. The van der Waals surface area contributed by atoms with Crippen LogP contribution in [0, 0.1) is 24.5 Å². The van der Waals surface area contributed by atoms with Crippen molar-refractivity contribution in [2.24, 2.45) is 5.92 Å². The second kappa shape index (κ2) is 14.4. The summed E-state index contributed by atoms with van der Waals surface area (Å²) in [7, 11) is -3.93. The van der Waals surface area contributed by atoms with Gasteiger partial charge in [0.25, 0.3) is 11.8 Å². The van der Waals surface area contributed by atoms with E-state index >= 15 is 0 Å². The number of sulfonamides is 1. The van der Waals surface area contributed by atoms with Crippen LogP contribution in [0.1, 0.15) is 73.8 Å². The Labute approximate surface area is 305 Å². The van der Waals surface area contributed by atoms with E-state index in [9.17, 15) is 36.4 Å². The molecule has 2 aliphatic heterocycles. The summed E-state index contributed by atoms with van der Waals surface area (Å²) in [5.74, 6) is -4.31. The van der Waals surface area contributed by atoms with Gasteiger partial charge in [0.05, 0.1) is 17.3 Å². The summed E-state index contributed by atoms with van der Waals surface area (Å²) in [6, 6.07) is 6.98. The Bertz CT molecular complexity index is 2090. The molecule has 0 bridgehead atoms. The van der Waals surface area contributed by atoms with Crippen molar-refractivity contribution < 1.29 is 41.1 Å². The first-order valence-electron chi connectivity index (χ1n) is 17.9. The van der Waals surface area contributed by atoms with Gasteiger partial charge in [0.1, 0.15) is 40.8 Å². The van der Waals surface area contributed by atoms with E-state index in [0.29, 0.717) is 43.3 Å². The molecule has 3 fully saturated rings. The van der Waals surface area contributed by atoms with Crippen LogP contribution in [0.25, 0.3) is 11.0 Å². The molecule has 3 heterocycles. The molecular formula is C37H40F2N6O7S. The monoisotopic (exact) mass is 750 g/mol. The van der Waals surface area contributed by atoms with Crippen molar-refractivity contribution in [3.8, 4) is 5.88 Å². The Morgan fingerprint density at radius 1 is 1.02 bits per heavy atom. The van der Waals surface area contributed by atoms with Crippen LogP contribution in [0.5, 0.6) is 5.88 Å². The fourth-order valence-corrected chi connectivity index (χ4v) is 8.44. The molecule has 5 atom stereocenters. The van der Waals surface area contributed by atoms with E-state index in [1.54, 1.807) is 13.0 Å². The minimum absolute atomic E-state index is 0.0119. The van der Waals surface area contributed by atoms with Gasteiger partial charge >= 0.3 is 0 Å². The fraction of sp³-hybridized carbons (Fsp3) is 0.459. The average Bonchev–Trinajstić information content (AvgIpc) is 4.05. The van der Waals surface area contributed by atoms with Gasteiger partial charge in [-0.3, -0.25) is 23.9 Å². The zero-order chi connectivity index (χ0) is 37.5. The number of nitrogens with one attached hydrogen (secondary N) is 3. The maximum atomic E-state index is 14.7. The summed E-state index contributed by atoms with van der Waals surface area (Å²) in [5.41, 5.74) is -0.752. The minimum Gasteiger partial charge on any atom is -0.471 e. The van der Waals surface area contributed by atoms with Gasteiger partial charge in [-0.1, -0.05) is 31.1 Å². The number of fused-ring (bicyclic) bond motifs is 3. The number of hydrogen-bond acceptors (Lipinski definition) is 9.